The molecule has 21 heavy (non-hydrogen) atoms. The van der Waals surface area contributed by atoms with Gasteiger partial charge in [0.25, 0.3) is 0 Å². The molecule has 1 aromatic rings. The van der Waals surface area contributed by atoms with Crippen LogP contribution in [-0.4, -0.2) is 30.4 Å². The molecule has 4 nitrogen and oxygen atoms in total. The summed E-state index contributed by atoms with van der Waals surface area (Å²) in [6.45, 7) is 6.32. The van der Waals surface area contributed by atoms with Crippen LogP contribution in [0.1, 0.15) is 39.2 Å². The van der Waals surface area contributed by atoms with Gasteiger partial charge >= 0.3 is 0 Å². The molecule has 1 heterocycles. The normalized spacial score (nSPS) is 26.2. The summed E-state index contributed by atoms with van der Waals surface area (Å²) in [5, 5.41) is 0. The molecule has 1 aliphatic rings. The molecule has 0 aliphatic carbocycles. The minimum atomic E-state index is -0.680. The molecule has 0 N–H and O–H groups in total. The van der Waals surface area contributed by atoms with Crippen LogP contribution in [0.25, 0.3) is 0 Å². The molecule has 1 aromatic carbocycles. The van der Waals surface area contributed by atoms with Crippen LogP contribution in [0.15, 0.2) is 30.3 Å². The van der Waals surface area contributed by atoms with Crippen LogP contribution in [0, 0.1) is 0 Å². The van der Waals surface area contributed by atoms with Crippen LogP contribution in [0.2, 0.25) is 0 Å². The highest BCUT2D eigenvalue weighted by molar-refractivity contribution is 5.50. The minimum absolute atomic E-state index is 0.0532. The van der Waals surface area contributed by atoms with Crippen molar-refractivity contribution in [1.82, 2.24) is 0 Å². The second-order valence-corrected chi connectivity index (χ2v) is 5.94. The number of benzene rings is 1. The first-order valence-electron chi connectivity index (χ1n) is 7.45. The third kappa shape index (κ3) is 4.92. The average Bonchev–Trinajstić information content (AvgIpc) is 2.44. The zero-order valence-electron chi connectivity index (χ0n) is 13.0. The van der Waals surface area contributed by atoms with Crippen molar-refractivity contribution < 1.29 is 19.0 Å². The second kappa shape index (κ2) is 7.16. The fourth-order valence-electron chi connectivity index (χ4n) is 2.60. The van der Waals surface area contributed by atoms with Gasteiger partial charge in [-0.2, -0.15) is 0 Å². The molecule has 0 saturated carbocycles. The van der Waals surface area contributed by atoms with E-state index in [9.17, 15) is 4.79 Å². The largest absolute Gasteiger partial charge is 0.371 e. The lowest BCUT2D eigenvalue weighted by Crippen LogP contribution is -2.48. The zero-order chi connectivity index (χ0) is 15.3. The molecule has 1 aliphatic heterocycles. The standard InChI is InChI=1S/C17H24O4/c1-13(19-12-14-7-5-4-6-8-14)16-11-15(9-10-18)20-17(2,3)21-16/h4-8,10,13,15-16H,9,11-12H2,1-3H3/t13-,15+,16-/m1/s1. The molecule has 116 valence electrons. The monoisotopic (exact) mass is 292 g/mol. The molecule has 0 aromatic heterocycles. The number of carbonyl (C=O) groups excluding carboxylic acids is 1. The lowest BCUT2D eigenvalue weighted by molar-refractivity contribution is -0.313. The molecule has 1 saturated heterocycles. The van der Waals surface area contributed by atoms with Crippen molar-refractivity contribution in [3.8, 4) is 0 Å². The maximum atomic E-state index is 10.7. The first-order chi connectivity index (χ1) is 10.00. The van der Waals surface area contributed by atoms with Gasteiger partial charge in [0.1, 0.15) is 6.29 Å². The number of carbonyl (C=O) groups is 1. The summed E-state index contributed by atoms with van der Waals surface area (Å²) in [4.78, 5) is 10.7. The summed E-state index contributed by atoms with van der Waals surface area (Å²) in [5.74, 6) is -0.680. The SMILES string of the molecule is C[C@@H](OCc1ccccc1)[C@H]1C[C@H](CC=O)OC(C)(C)O1. The Labute approximate surface area is 126 Å². The van der Waals surface area contributed by atoms with Crippen molar-refractivity contribution in [2.45, 2.75) is 64.3 Å². The third-order valence-electron chi connectivity index (χ3n) is 3.62. The van der Waals surface area contributed by atoms with Crippen molar-refractivity contribution >= 4 is 6.29 Å². The van der Waals surface area contributed by atoms with E-state index < -0.39 is 5.79 Å². The Morgan fingerprint density at radius 3 is 2.71 bits per heavy atom. The van der Waals surface area contributed by atoms with Gasteiger partial charge in [-0.15, -0.1) is 0 Å². The smallest absolute Gasteiger partial charge is 0.163 e. The van der Waals surface area contributed by atoms with E-state index in [-0.39, 0.29) is 18.3 Å². The summed E-state index contributed by atoms with van der Waals surface area (Å²) < 4.78 is 17.6. The fraction of sp³-hybridized carbons (Fsp3) is 0.588. The third-order valence-corrected chi connectivity index (χ3v) is 3.62. The van der Waals surface area contributed by atoms with Gasteiger partial charge < -0.3 is 19.0 Å². The van der Waals surface area contributed by atoms with Crippen LogP contribution in [0.5, 0.6) is 0 Å². The molecular weight excluding hydrogens is 268 g/mol. The molecular formula is C17H24O4. The van der Waals surface area contributed by atoms with Crippen LogP contribution in [0.4, 0.5) is 0 Å². The molecule has 0 bridgehead atoms. The van der Waals surface area contributed by atoms with Crippen LogP contribution in [0.3, 0.4) is 0 Å². The Hall–Kier alpha value is -1.23. The maximum Gasteiger partial charge on any atom is 0.163 e. The minimum Gasteiger partial charge on any atom is -0.371 e. The van der Waals surface area contributed by atoms with Crippen molar-refractivity contribution in [2.75, 3.05) is 0 Å². The van der Waals surface area contributed by atoms with E-state index in [1.54, 1.807) is 0 Å². The molecule has 4 heteroatoms. The summed E-state index contributed by atoms with van der Waals surface area (Å²) in [7, 11) is 0. The molecule has 3 atom stereocenters. The molecule has 0 unspecified atom stereocenters. The average molecular weight is 292 g/mol. The lowest BCUT2D eigenvalue weighted by atomic mass is 10.0. The van der Waals surface area contributed by atoms with Crippen LogP contribution < -0.4 is 0 Å². The van der Waals surface area contributed by atoms with Gasteiger partial charge in [0.05, 0.1) is 24.9 Å². The fourth-order valence-corrected chi connectivity index (χ4v) is 2.60. The van der Waals surface area contributed by atoms with E-state index in [1.165, 1.54) is 0 Å². The number of ether oxygens (including phenoxy) is 3. The van der Waals surface area contributed by atoms with Gasteiger partial charge in [-0.25, -0.2) is 0 Å². The highest BCUT2D eigenvalue weighted by atomic mass is 16.7. The Bertz CT molecular complexity index is 443. The van der Waals surface area contributed by atoms with E-state index in [4.69, 9.17) is 14.2 Å². The number of hydrogen-bond acceptors (Lipinski definition) is 4. The number of rotatable bonds is 6. The second-order valence-electron chi connectivity index (χ2n) is 5.94. The molecule has 1 fully saturated rings. The quantitative estimate of drug-likeness (QED) is 0.756. The zero-order valence-corrected chi connectivity index (χ0v) is 13.0. The highest BCUT2D eigenvalue weighted by Gasteiger charge is 2.37. The Morgan fingerprint density at radius 1 is 1.33 bits per heavy atom. The van der Waals surface area contributed by atoms with Crippen molar-refractivity contribution in [1.29, 1.82) is 0 Å². The molecule has 0 radical (unpaired) electrons. The van der Waals surface area contributed by atoms with Crippen molar-refractivity contribution in [3.05, 3.63) is 35.9 Å². The first kappa shape index (κ1) is 16.1. The Balaban J connectivity index is 1.91. The van der Waals surface area contributed by atoms with Gasteiger partial charge in [-0.3, -0.25) is 0 Å². The Morgan fingerprint density at radius 2 is 2.05 bits per heavy atom. The van der Waals surface area contributed by atoms with Gasteiger partial charge in [0.15, 0.2) is 5.79 Å². The highest BCUT2D eigenvalue weighted by Crippen LogP contribution is 2.30. The van der Waals surface area contributed by atoms with Gasteiger partial charge in [0.2, 0.25) is 0 Å². The number of hydrogen-bond donors (Lipinski definition) is 0. The molecule has 0 amide bonds. The number of aldehydes is 1. The lowest BCUT2D eigenvalue weighted by Gasteiger charge is -2.42. The van der Waals surface area contributed by atoms with Gasteiger partial charge in [-0.1, -0.05) is 30.3 Å². The predicted molar refractivity (Wildman–Crippen MR) is 79.8 cm³/mol. The topological polar surface area (TPSA) is 44.8 Å². The molecule has 2 rings (SSSR count). The first-order valence-corrected chi connectivity index (χ1v) is 7.45. The maximum absolute atomic E-state index is 10.7. The van der Waals surface area contributed by atoms with Crippen molar-refractivity contribution in [2.24, 2.45) is 0 Å². The molecule has 0 spiro atoms. The van der Waals surface area contributed by atoms with Gasteiger partial charge in [0, 0.05) is 12.8 Å². The van der Waals surface area contributed by atoms with E-state index >= 15 is 0 Å². The van der Waals surface area contributed by atoms with Gasteiger partial charge in [-0.05, 0) is 26.3 Å². The predicted octanol–water partition coefficient (Wildman–Crippen LogP) is 3.09. The van der Waals surface area contributed by atoms with Crippen LogP contribution >= 0.6 is 0 Å². The summed E-state index contributed by atoms with van der Waals surface area (Å²) in [6.07, 6.45) is 1.76. The van der Waals surface area contributed by atoms with E-state index in [0.29, 0.717) is 19.4 Å². The summed E-state index contributed by atoms with van der Waals surface area (Å²) in [6, 6.07) is 10.1. The van der Waals surface area contributed by atoms with E-state index in [0.717, 1.165) is 11.8 Å². The van der Waals surface area contributed by atoms with E-state index in [1.807, 2.05) is 51.1 Å². The Kier molecular flexibility index (Phi) is 5.51. The van der Waals surface area contributed by atoms with E-state index in [2.05, 4.69) is 0 Å². The van der Waals surface area contributed by atoms with Crippen molar-refractivity contribution in [3.63, 3.8) is 0 Å². The summed E-state index contributed by atoms with van der Waals surface area (Å²) in [5.41, 5.74) is 1.14. The summed E-state index contributed by atoms with van der Waals surface area (Å²) >= 11 is 0. The van der Waals surface area contributed by atoms with Crippen LogP contribution in [-0.2, 0) is 25.6 Å².